The number of carbonyl (C=O) groups excluding carboxylic acids is 1. The fourth-order valence-corrected chi connectivity index (χ4v) is 2.30. The summed E-state index contributed by atoms with van der Waals surface area (Å²) in [5, 5.41) is 3.75. The van der Waals surface area contributed by atoms with E-state index in [9.17, 15) is 4.79 Å². The van der Waals surface area contributed by atoms with Crippen LogP contribution in [0.5, 0.6) is 0 Å². The Morgan fingerprint density at radius 2 is 2.18 bits per heavy atom. The van der Waals surface area contributed by atoms with Crippen molar-refractivity contribution in [1.82, 2.24) is 10.2 Å². The molecule has 0 bridgehead atoms. The molecule has 6 heteroatoms. The molecule has 1 aromatic carbocycles. The fourth-order valence-electron chi connectivity index (χ4n) is 1.56. The second-order valence-corrected chi connectivity index (χ2v) is 5.45. The lowest BCUT2D eigenvalue weighted by molar-refractivity contribution is 0.0680. The molecule has 0 atom stereocenters. The van der Waals surface area contributed by atoms with E-state index >= 15 is 0 Å². The maximum absolute atomic E-state index is 12.2. The number of benzene rings is 1. The van der Waals surface area contributed by atoms with Crippen LogP contribution in [0.2, 0.25) is 5.02 Å². The molecule has 0 radical (unpaired) electrons. The Labute approximate surface area is 125 Å². The normalized spacial score (nSPS) is 14.8. The second kappa shape index (κ2) is 6.22. The van der Waals surface area contributed by atoms with E-state index in [1.165, 1.54) is 0 Å². The van der Waals surface area contributed by atoms with E-state index in [1.54, 1.807) is 17.0 Å². The highest BCUT2D eigenvalue weighted by Gasteiger charge is 2.26. The van der Waals surface area contributed by atoms with E-state index in [4.69, 9.17) is 11.6 Å². The molecule has 94 valence electrons. The van der Waals surface area contributed by atoms with Crippen molar-refractivity contribution in [3.05, 3.63) is 32.4 Å². The molecule has 0 spiro atoms. The van der Waals surface area contributed by atoms with Gasteiger partial charge in [-0.1, -0.05) is 11.6 Å². The van der Waals surface area contributed by atoms with Crippen molar-refractivity contribution < 1.29 is 4.79 Å². The SMILES string of the molecule is CN(C(=O)c1cc(Cl)ccc1I)C1CNC1.Cl. The highest BCUT2D eigenvalue weighted by Crippen LogP contribution is 2.20. The number of hydrogen-bond acceptors (Lipinski definition) is 2. The zero-order valence-electron chi connectivity index (χ0n) is 9.24. The predicted octanol–water partition coefficient (Wildman–Crippen LogP) is 2.41. The van der Waals surface area contributed by atoms with E-state index in [0.29, 0.717) is 16.6 Å². The minimum Gasteiger partial charge on any atom is -0.336 e. The first-order chi connectivity index (χ1) is 7.59. The maximum atomic E-state index is 12.2. The fraction of sp³-hybridized carbons (Fsp3) is 0.364. The summed E-state index contributed by atoms with van der Waals surface area (Å²) in [5.41, 5.74) is 0.683. The van der Waals surface area contributed by atoms with Crippen molar-refractivity contribution in [3.8, 4) is 0 Å². The molecule has 0 saturated carbocycles. The summed E-state index contributed by atoms with van der Waals surface area (Å²) < 4.78 is 0.936. The van der Waals surface area contributed by atoms with Crippen LogP contribution in [0, 0.1) is 3.57 Å². The van der Waals surface area contributed by atoms with E-state index < -0.39 is 0 Å². The van der Waals surface area contributed by atoms with Crippen molar-refractivity contribution in [2.24, 2.45) is 0 Å². The molecule has 1 aliphatic rings. The van der Waals surface area contributed by atoms with Crippen LogP contribution in [0.1, 0.15) is 10.4 Å². The zero-order chi connectivity index (χ0) is 11.7. The van der Waals surface area contributed by atoms with Gasteiger partial charge in [0.1, 0.15) is 0 Å². The highest BCUT2D eigenvalue weighted by atomic mass is 127. The van der Waals surface area contributed by atoms with E-state index in [2.05, 4.69) is 27.9 Å². The number of amides is 1. The molecule has 1 N–H and O–H groups in total. The molecule has 1 fully saturated rings. The van der Waals surface area contributed by atoms with Crippen LogP contribution in [0.4, 0.5) is 0 Å². The van der Waals surface area contributed by atoms with E-state index in [0.717, 1.165) is 16.7 Å². The van der Waals surface area contributed by atoms with Gasteiger partial charge in [0.15, 0.2) is 0 Å². The van der Waals surface area contributed by atoms with Crippen LogP contribution in [-0.4, -0.2) is 37.0 Å². The third-order valence-corrected chi connectivity index (χ3v) is 3.96. The average Bonchev–Trinajstić information content (AvgIpc) is 2.18. The number of likely N-dealkylation sites (N-methyl/N-ethyl adjacent to an activating group) is 1. The summed E-state index contributed by atoms with van der Waals surface area (Å²) >= 11 is 8.06. The van der Waals surface area contributed by atoms with Gasteiger partial charge >= 0.3 is 0 Å². The summed E-state index contributed by atoms with van der Waals surface area (Å²) in [6.45, 7) is 1.75. The van der Waals surface area contributed by atoms with Crippen LogP contribution >= 0.6 is 46.6 Å². The standard InChI is InChI=1S/C11H12ClIN2O.ClH/c1-15(8-5-14-6-8)11(16)9-4-7(12)2-3-10(9)13;/h2-4,8,14H,5-6H2,1H3;1H. The zero-order valence-corrected chi connectivity index (χ0v) is 13.0. The largest absolute Gasteiger partial charge is 0.336 e. The van der Waals surface area contributed by atoms with E-state index in [-0.39, 0.29) is 18.3 Å². The van der Waals surface area contributed by atoms with Crippen molar-refractivity contribution in [2.45, 2.75) is 6.04 Å². The van der Waals surface area contributed by atoms with Crippen molar-refractivity contribution in [2.75, 3.05) is 20.1 Å². The summed E-state index contributed by atoms with van der Waals surface area (Å²) in [4.78, 5) is 14.0. The first-order valence-corrected chi connectivity index (χ1v) is 6.48. The van der Waals surface area contributed by atoms with Crippen molar-refractivity contribution in [1.29, 1.82) is 0 Å². The molecule has 0 aliphatic carbocycles. The second-order valence-electron chi connectivity index (χ2n) is 3.85. The third-order valence-electron chi connectivity index (χ3n) is 2.79. The van der Waals surface area contributed by atoms with Crippen LogP contribution in [0.3, 0.4) is 0 Å². The van der Waals surface area contributed by atoms with Gasteiger partial charge in [-0.25, -0.2) is 0 Å². The Hall–Kier alpha value is -0.0400. The first kappa shape index (κ1) is 15.0. The molecule has 1 amide bonds. The smallest absolute Gasteiger partial charge is 0.255 e. The minimum absolute atomic E-state index is 0. The molecule has 2 rings (SSSR count). The van der Waals surface area contributed by atoms with Gasteiger partial charge in [0.05, 0.1) is 11.6 Å². The lowest BCUT2D eigenvalue weighted by Gasteiger charge is -2.35. The number of hydrogen-bond donors (Lipinski definition) is 1. The Kier molecular flexibility index (Phi) is 5.50. The van der Waals surface area contributed by atoms with Gasteiger partial charge in [0, 0.05) is 28.7 Å². The Morgan fingerprint density at radius 3 is 2.71 bits per heavy atom. The van der Waals surface area contributed by atoms with Gasteiger partial charge in [-0.2, -0.15) is 0 Å². The van der Waals surface area contributed by atoms with Gasteiger partial charge in [-0.05, 0) is 40.8 Å². The topological polar surface area (TPSA) is 32.3 Å². The molecule has 3 nitrogen and oxygen atoms in total. The van der Waals surface area contributed by atoms with Crippen LogP contribution in [-0.2, 0) is 0 Å². The molecule has 1 aromatic rings. The highest BCUT2D eigenvalue weighted by molar-refractivity contribution is 14.1. The molecule has 0 aromatic heterocycles. The predicted molar refractivity (Wildman–Crippen MR) is 80.2 cm³/mol. The third kappa shape index (κ3) is 3.24. The van der Waals surface area contributed by atoms with Gasteiger partial charge < -0.3 is 10.2 Å². The van der Waals surface area contributed by atoms with Crippen molar-refractivity contribution in [3.63, 3.8) is 0 Å². The monoisotopic (exact) mass is 386 g/mol. The Balaban J connectivity index is 0.00000144. The van der Waals surface area contributed by atoms with Crippen LogP contribution in [0.25, 0.3) is 0 Å². The first-order valence-electron chi connectivity index (χ1n) is 5.02. The summed E-state index contributed by atoms with van der Waals surface area (Å²) in [5.74, 6) is 0.0402. The van der Waals surface area contributed by atoms with Gasteiger partial charge in [-0.15, -0.1) is 12.4 Å². The average molecular weight is 387 g/mol. The molecule has 1 aliphatic heterocycles. The number of halogens is 3. The number of carbonyl (C=O) groups is 1. The van der Waals surface area contributed by atoms with Crippen LogP contribution < -0.4 is 5.32 Å². The molecule has 1 saturated heterocycles. The lowest BCUT2D eigenvalue weighted by atomic mass is 10.1. The summed E-state index contributed by atoms with van der Waals surface area (Å²) in [6.07, 6.45) is 0. The summed E-state index contributed by atoms with van der Waals surface area (Å²) in [6, 6.07) is 5.70. The molecule has 17 heavy (non-hydrogen) atoms. The Morgan fingerprint density at radius 1 is 1.53 bits per heavy atom. The molecule has 0 unspecified atom stereocenters. The molecule has 1 heterocycles. The lowest BCUT2D eigenvalue weighted by Crippen LogP contribution is -2.57. The Bertz CT molecular complexity index is 424. The number of nitrogens with zero attached hydrogens (tertiary/aromatic N) is 1. The summed E-state index contributed by atoms with van der Waals surface area (Å²) in [7, 11) is 1.84. The molecular weight excluding hydrogens is 374 g/mol. The minimum atomic E-state index is 0. The molecular formula is C11H13Cl2IN2O. The number of rotatable bonds is 2. The van der Waals surface area contributed by atoms with E-state index in [1.807, 2.05) is 13.1 Å². The van der Waals surface area contributed by atoms with Gasteiger partial charge in [0.2, 0.25) is 0 Å². The maximum Gasteiger partial charge on any atom is 0.255 e. The quantitative estimate of drug-likeness (QED) is 0.791. The number of nitrogens with one attached hydrogen (secondary N) is 1. The van der Waals surface area contributed by atoms with Gasteiger partial charge in [-0.3, -0.25) is 4.79 Å². The van der Waals surface area contributed by atoms with Gasteiger partial charge in [0.25, 0.3) is 5.91 Å². The van der Waals surface area contributed by atoms with Crippen molar-refractivity contribution >= 4 is 52.5 Å². The van der Waals surface area contributed by atoms with Crippen LogP contribution in [0.15, 0.2) is 18.2 Å².